The average molecular weight is 479 g/mol. The zero-order chi connectivity index (χ0) is 21.4. The summed E-state index contributed by atoms with van der Waals surface area (Å²) in [4.78, 5) is 12.9. The van der Waals surface area contributed by atoms with E-state index in [4.69, 9.17) is 13.9 Å². The topological polar surface area (TPSA) is 130 Å². The fraction of sp³-hybridized carbons (Fsp3) is 0.286. The third-order valence-electron chi connectivity index (χ3n) is 5.00. The highest BCUT2D eigenvalue weighted by Gasteiger charge is 2.44. The maximum Gasteiger partial charge on any atom is 0.229 e. The Morgan fingerprint density at radius 3 is 2.43 bits per heavy atom. The van der Waals surface area contributed by atoms with Gasteiger partial charge >= 0.3 is 0 Å². The molecule has 0 radical (unpaired) electrons. The molecule has 1 aromatic heterocycles. The summed E-state index contributed by atoms with van der Waals surface area (Å²) in [6.45, 7) is -0.559. The first-order valence-corrected chi connectivity index (χ1v) is 9.97. The lowest BCUT2D eigenvalue weighted by Crippen LogP contribution is -2.60. The molecule has 0 aliphatic carbocycles. The Bertz CT molecular complexity index is 1090. The molecule has 3 aromatic rings. The molecule has 4 rings (SSSR count). The van der Waals surface area contributed by atoms with Gasteiger partial charge in [-0.1, -0.05) is 28.1 Å². The van der Waals surface area contributed by atoms with E-state index >= 15 is 0 Å². The molecule has 2 aromatic carbocycles. The molecule has 0 amide bonds. The number of hydrogen-bond acceptors (Lipinski definition) is 8. The van der Waals surface area contributed by atoms with Gasteiger partial charge in [0.2, 0.25) is 6.29 Å². The minimum atomic E-state index is -1.55. The summed E-state index contributed by atoms with van der Waals surface area (Å²) in [6.07, 6.45) is -5.60. The SMILES string of the molecule is O=c1c(-c2ccc(Br)cc2)coc2cc(O[C@@H]3O[C@@H](CO)[C@H](O)[C@@H](O)[C@@H]3O)ccc12. The highest BCUT2D eigenvalue weighted by Crippen LogP contribution is 2.27. The van der Waals surface area contributed by atoms with Crippen LogP contribution in [0.15, 0.2) is 62.4 Å². The van der Waals surface area contributed by atoms with Gasteiger partial charge in [-0.25, -0.2) is 0 Å². The summed E-state index contributed by atoms with van der Waals surface area (Å²) in [7, 11) is 0. The lowest BCUT2D eigenvalue weighted by molar-refractivity contribution is -0.277. The van der Waals surface area contributed by atoms with E-state index in [0.717, 1.165) is 10.0 Å². The number of hydrogen-bond donors (Lipinski definition) is 4. The molecule has 2 heterocycles. The maximum atomic E-state index is 12.9. The average Bonchev–Trinajstić information content (AvgIpc) is 2.75. The number of aliphatic hydroxyl groups is 4. The Kier molecular flexibility index (Phi) is 5.92. The molecule has 4 N–H and O–H groups in total. The van der Waals surface area contributed by atoms with Gasteiger partial charge in [-0.15, -0.1) is 0 Å². The van der Waals surface area contributed by atoms with Crippen LogP contribution in [-0.4, -0.2) is 57.7 Å². The van der Waals surface area contributed by atoms with Crippen molar-refractivity contribution in [3.63, 3.8) is 0 Å². The second-order valence-corrected chi connectivity index (χ2v) is 7.87. The van der Waals surface area contributed by atoms with Gasteiger partial charge in [0.15, 0.2) is 5.43 Å². The lowest BCUT2D eigenvalue weighted by Gasteiger charge is -2.39. The van der Waals surface area contributed by atoms with Crippen LogP contribution in [0.1, 0.15) is 0 Å². The molecular weight excluding hydrogens is 460 g/mol. The van der Waals surface area contributed by atoms with Crippen LogP contribution in [-0.2, 0) is 4.74 Å². The van der Waals surface area contributed by atoms with Crippen molar-refractivity contribution in [2.45, 2.75) is 30.7 Å². The van der Waals surface area contributed by atoms with Crippen molar-refractivity contribution in [2.75, 3.05) is 6.61 Å². The lowest BCUT2D eigenvalue weighted by atomic mass is 9.99. The van der Waals surface area contributed by atoms with Crippen molar-refractivity contribution < 1.29 is 34.3 Å². The van der Waals surface area contributed by atoms with Gasteiger partial charge in [-0.2, -0.15) is 0 Å². The van der Waals surface area contributed by atoms with Crippen LogP contribution in [0.25, 0.3) is 22.1 Å². The monoisotopic (exact) mass is 478 g/mol. The molecule has 8 nitrogen and oxygen atoms in total. The van der Waals surface area contributed by atoms with Crippen LogP contribution < -0.4 is 10.2 Å². The van der Waals surface area contributed by atoms with Gasteiger partial charge in [-0.05, 0) is 29.8 Å². The minimum absolute atomic E-state index is 0.210. The van der Waals surface area contributed by atoms with Gasteiger partial charge < -0.3 is 34.3 Å². The fourth-order valence-corrected chi connectivity index (χ4v) is 3.57. The Morgan fingerprint density at radius 1 is 1.00 bits per heavy atom. The number of fused-ring (bicyclic) bond motifs is 1. The Labute approximate surface area is 179 Å². The molecule has 1 saturated heterocycles. The molecule has 5 atom stereocenters. The molecular formula is C21H19BrO8. The summed E-state index contributed by atoms with van der Waals surface area (Å²) < 4.78 is 17.4. The number of benzene rings is 2. The van der Waals surface area contributed by atoms with E-state index in [2.05, 4.69) is 15.9 Å². The minimum Gasteiger partial charge on any atom is -0.463 e. The predicted molar refractivity (Wildman–Crippen MR) is 110 cm³/mol. The van der Waals surface area contributed by atoms with Crippen molar-refractivity contribution in [2.24, 2.45) is 0 Å². The number of rotatable bonds is 4. The van der Waals surface area contributed by atoms with E-state index in [1.165, 1.54) is 24.5 Å². The van der Waals surface area contributed by atoms with Crippen LogP contribution in [0.4, 0.5) is 0 Å². The first-order chi connectivity index (χ1) is 14.4. The third kappa shape index (κ3) is 3.87. The number of ether oxygens (including phenoxy) is 2. The quantitative estimate of drug-likeness (QED) is 0.442. The second kappa shape index (κ2) is 8.46. The largest absolute Gasteiger partial charge is 0.463 e. The molecule has 30 heavy (non-hydrogen) atoms. The summed E-state index contributed by atoms with van der Waals surface area (Å²) in [5.41, 5.74) is 1.19. The normalized spacial score (nSPS) is 26.6. The Balaban J connectivity index is 1.62. The van der Waals surface area contributed by atoms with E-state index in [0.29, 0.717) is 10.9 Å². The highest BCUT2D eigenvalue weighted by molar-refractivity contribution is 9.10. The van der Waals surface area contributed by atoms with Gasteiger partial charge in [0, 0.05) is 10.5 Å². The van der Waals surface area contributed by atoms with E-state index in [1.807, 2.05) is 12.1 Å². The summed E-state index contributed by atoms with van der Waals surface area (Å²) in [5, 5.41) is 39.4. The number of aliphatic hydroxyl groups excluding tert-OH is 4. The van der Waals surface area contributed by atoms with Crippen LogP contribution in [0.5, 0.6) is 5.75 Å². The van der Waals surface area contributed by atoms with E-state index in [-0.39, 0.29) is 16.8 Å². The molecule has 158 valence electrons. The summed E-state index contributed by atoms with van der Waals surface area (Å²) in [5.74, 6) is 0.214. The van der Waals surface area contributed by atoms with Crippen LogP contribution in [0.2, 0.25) is 0 Å². The molecule has 0 unspecified atom stereocenters. The van der Waals surface area contributed by atoms with Crippen LogP contribution >= 0.6 is 15.9 Å². The molecule has 1 fully saturated rings. The first-order valence-electron chi connectivity index (χ1n) is 9.17. The van der Waals surface area contributed by atoms with Gasteiger partial charge in [-0.3, -0.25) is 4.79 Å². The molecule has 0 saturated carbocycles. The van der Waals surface area contributed by atoms with Gasteiger partial charge in [0.1, 0.15) is 42.0 Å². The first kappa shape index (κ1) is 21.0. The molecule has 1 aliphatic heterocycles. The van der Waals surface area contributed by atoms with Gasteiger partial charge in [0.05, 0.1) is 17.6 Å². The number of halogens is 1. The van der Waals surface area contributed by atoms with Crippen molar-refractivity contribution >= 4 is 26.9 Å². The summed E-state index contributed by atoms with van der Waals surface area (Å²) >= 11 is 3.36. The van der Waals surface area contributed by atoms with E-state index < -0.39 is 37.3 Å². The zero-order valence-corrected chi connectivity index (χ0v) is 17.1. The second-order valence-electron chi connectivity index (χ2n) is 6.96. The van der Waals surface area contributed by atoms with Crippen LogP contribution in [0, 0.1) is 0 Å². The zero-order valence-electron chi connectivity index (χ0n) is 15.5. The van der Waals surface area contributed by atoms with Crippen molar-refractivity contribution in [3.8, 4) is 16.9 Å². The van der Waals surface area contributed by atoms with E-state index in [9.17, 15) is 25.2 Å². The maximum absolute atomic E-state index is 12.9. The van der Waals surface area contributed by atoms with Crippen molar-refractivity contribution in [1.82, 2.24) is 0 Å². The van der Waals surface area contributed by atoms with Gasteiger partial charge in [0.25, 0.3) is 0 Å². The molecule has 0 spiro atoms. The molecule has 1 aliphatic rings. The Hall–Kier alpha value is -2.27. The molecule has 0 bridgehead atoms. The third-order valence-corrected chi connectivity index (χ3v) is 5.53. The summed E-state index contributed by atoms with van der Waals surface area (Å²) in [6, 6.07) is 11.8. The van der Waals surface area contributed by atoms with Crippen molar-refractivity contribution in [3.05, 3.63) is 63.4 Å². The molecule has 9 heteroatoms. The van der Waals surface area contributed by atoms with Crippen molar-refractivity contribution in [1.29, 1.82) is 0 Å². The van der Waals surface area contributed by atoms with Crippen LogP contribution in [0.3, 0.4) is 0 Å². The highest BCUT2D eigenvalue weighted by atomic mass is 79.9. The smallest absolute Gasteiger partial charge is 0.229 e. The Morgan fingerprint density at radius 2 is 1.73 bits per heavy atom. The fourth-order valence-electron chi connectivity index (χ4n) is 3.31. The van der Waals surface area contributed by atoms with E-state index in [1.54, 1.807) is 12.1 Å². The standard InChI is InChI=1S/C21H19BrO8/c22-11-3-1-10(2-4-11)14-9-28-15-7-12(5-6-13(15)17(14)24)29-21-20(27)19(26)18(25)16(8-23)30-21/h1-7,9,16,18-21,23,25-27H,8H2/t16-,18-,19+,20-,21+/m0/s1. The predicted octanol–water partition coefficient (Wildman–Crippen LogP) is 1.40.